The molecule has 4 aliphatic carbocycles. The minimum Gasteiger partial charge on any atom is -0.496 e. The van der Waals surface area contributed by atoms with E-state index in [0.717, 1.165) is 43.2 Å². The Morgan fingerprint density at radius 3 is 1.53 bits per heavy atom. The lowest BCUT2D eigenvalue weighted by Gasteiger charge is -2.63. The van der Waals surface area contributed by atoms with Gasteiger partial charge in [-0.1, -0.05) is 12.1 Å². The first-order chi connectivity index (χ1) is 15.3. The molecule has 2 aromatic rings. The molecule has 0 spiro atoms. The highest BCUT2D eigenvalue weighted by molar-refractivity contribution is 5.91. The number of benzene rings is 2. The van der Waals surface area contributed by atoms with Crippen molar-refractivity contribution in [2.75, 3.05) is 14.2 Å². The van der Waals surface area contributed by atoms with E-state index in [9.17, 15) is 19.8 Å². The fraction of sp³-hybridized carbons (Fsp3) is 0.462. The van der Waals surface area contributed by atoms with Crippen LogP contribution in [0, 0.1) is 11.8 Å². The lowest BCUT2D eigenvalue weighted by molar-refractivity contribution is -0.0282. The summed E-state index contributed by atoms with van der Waals surface area (Å²) in [5.74, 6) is -0.0956. The van der Waals surface area contributed by atoms with Crippen molar-refractivity contribution >= 4 is 11.9 Å². The highest BCUT2D eigenvalue weighted by Crippen LogP contribution is 2.66. The van der Waals surface area contributed by atoms with Crippen molar-refractivity contribution in [1.82, 2.24) is 0 Å². The molecule has 2 N–H and O–H groups in total. The van der Waals surface area contributed by atoms with Crippen molar-refractivity contribution in [2.45, 2.75) is 49.4 Å². The maximum atomic E-state index is 11.9. The summed E-state index contributed by atoms with van der Waals surface area (Å²) >= 11 is 0. The Labute approximate surface area is 187 Å². The molecule has 4 fully saturated rings. The highest BCUT2D eigenvalue weighted by Gasteiger charge is 2.58. The average Bonchev–Trinajstić information content (AvgIpc) is 2.77. The summed E-state index contributed by atoms with van der Waals surface area (Å²) in [6.07, 6.45) is 6.32. The van der Waals surface area contributed by atoms with Gasteiger partial charge in [0.2, 0.25) is 0 Å². The largest absolute Gasteiger partial charge is 0.496 e. The lowest BCUT2D eigenvalue weighted by Crippen LogP contribution is -2.56. The SMILES string of the molecule is COc1ccc(C23CC4CC(C2)CC(c2ccc(OC)c(C(=O)O)c2)(C4)C3)cc1C(=O)O. The van der Waals surface area contributed by atoms with Crippen LogP contribution >= 0.6 is 0 Å². The fourth-order valence-corrected chi connectivity index (χ4v) is 7.35. The third-order valence-electron chi connectivity index (χ3n) is 8.15. The number of methoxy groups -OCH3 is 2. The van der Waals surface area contributed by atoms with Gasteiger partial charge in [0.15, 0.2) is 0 Å². The Morgan fingerprint density at radius 1 is 0.781 bits per heavy atom. The van der Waals surface area contributed by atoms with E-state index in [-0.39, 0.29) is 22.0 Å². The van der Waals surface area contributed by atoms with Crippen LogP contribution in [-0.4, -0.2) is 36.4 Å². The van der Waals surface area contributed by atoms with Gasteiger partial charge in [0, 0.05) is 0 Å². The summed E-state index contributed by atoms with van der Waals surface area (Å²) in [6, 6.07) is 11.2. The minimum absolute atomic E-state index is 0.0934. The van der Waals surface area contributed by atoms with Crippen LogP contribution in [0.1, 0.15) is 70.4 Å². The molecular weight excluding hydrogens is 408 g/mol. The number of carbonyl (C=O) groups is 2. The van der Waals surface area contributed by atoms with E-state index in [2.05, 4.69) is 0 Å². The van der Waals surface area contributed by atoms with Gasteiger partial charge in [0.1, 0.15) is 22.6 Å². The molecule has 168 valence electrons. The van der Waals surface area contributed by atoms with Gasteiger partial charge >= 0.3 is 11.9 Å². The molecule has 0 atom stereocenters. The summed E-state index contributed by atoms with van der Waals surface area (Å²) in [6.45, 7) is 0. The molecule has 4 bridgehead atoms. The second-order valence-corrected chi connectivity index (χ2v) is 9.96. The summed E-state index contributed by atoms with van der Waals surface area (Å²) < 4.78 is 10.6. The molecular formula is C26H28O6. The fourth-order valence-electron chi connectivity index (χ4n) is 7.35. The molecule has 0 unspecified atom stereocenters. The number of carboxylic acids is 2. The van der Waals surface area contributed by atoms with Gasteiger partial charge < -0.3 is 19.7 Å². The molecule has 0 heterocycles. The van der Waals surface area contributed by atoms with Crippen LogP contribution in [-0.2, 0) is 10.8 Å². The molecule has 6 heteroatoms. The number of ether oxygens (including phenoxy) is 2. The van der Waals surface area contributed by atoms with Gasteiger partial charge in [-0.2, -0.15) is 0 Å². The van der Waals surface area contributed by atoms with Gasteiger partial charge in [-0.25, -0.2) is 9.59 Å². The molecule has 6 nitrogen and oxygen atoms in total. The Bertz CT molecular complexity index is 1010. The zero-order valence-corrected chi connectivity index (χ0v) is 18.4. The molecule has 32 heavy (non-hydrogen) atoms. The highest BCUT2D eigenvalue weighted by atomic mass is 16.5. The third-order valence-corrected chi connectivity index (χ3v) is 8.15. The summed E-state index contributed by atoms with van der Waals surface area (Å²) in [5, 5.41) is 19.4. The van der Waals surface area contributed by atoms with Crippen LogP contribution in [0.15, 0.2) is 36.4 Å². The molecule has 0 saturated heterocycles. The Morgan fingerprint density at radius 2 is 1.19 bits per heavy atom. The van der Waals surface area contributed by atoms with Crippen LogP contribution in [0.4, 0.5) is 0 Å². The standard InChI is InChI=1S/C26H28O6/c1-31-21-5-3-17(8-19(21)23(27)28)25-10-15-7-16(11-25)13-26(12-15,14-25)18-4-6-22(32-2)20(9-18)24(29)30/h3-6,8-9,15-16H,7,10-14H2,1-2H3,(H,27,28)(H,29,30). The van der Waals surface area contributed by atoms with E-state index >= 15 is 0 Å². The van der Waals surface area contributed by atoms with Gasteiger partial charge in [-0.05, 0) is 96.6 Å². The summed E-state index contributed by atoms with van der Waals surface area (Å²) in [7, 11) is 2.98. The molecule has 2 aromatic carbocycles. The average molecular weight is 437 g/mol. The second kappa shape index (κ2) is 7.26. The quantitative estimate of drug-likeness (QED) is 0.670. The first-order valence-electron chi connectivity index (χ1n) is 11.1. The predicted octanol–water partition coefficient (Wildman–Crippen LogP) is 4.89. The molecule has 4 aliphatic rings. The van der Waals surface area contributed by atoms with Gasteiger partial charge in [-0.15, -0.1) is 0 Å². The Balaban J connectivity index is 1.60. The smallest absolute Gasteiger partial charge is 0.339 e. The van der Waals surface area contributed by atoms with E-state index in [1.54, 1.807) is 24.3 Å². The van der Waals surface area contributed by atoms with Crippen LogP contribution < -0.4 is 9.47 Å². The Hall–Kier alpha value is -3.02. The number of hydrogen-bond donors (Lipinski definition) is 2. The number of hydrogen-bond acceptors (Lipinski definition) is 4. The van der Waals surface area contributed by atoms with E-state index in [1.807, 2.05) is 12.1 Å². The molecule has 0 aliphatic heterocycles. The van der Waals surface area contributed by atoms with Crippen molar-refractivity contribution in [3.63, 3.8) is 0 Å². The molecule has 4 saturated carbocycles. The van der Waals surface area contributed by atoms with Gasteiger partial charge in [0.05, 0.1) is 14.2 Å². The van der Waals surface area contributed by atoms with Crippen LogP contribution in [0.5, 0.6) is 11.5 Å². The van der Waals surface area contributed by atoms with Crippen LogP contribution in [0.3, 0.4) is 0 Å². The van der Waals surface area contributed by atoms with Crippen molar-refractivity contribution < 1.29 is 29.3 Å². The topological polar surface area (TPSA) is 93.1 Å². The van der Waals surface area contributed by atoms with E-state index in [4.69, 9.17) is 9.47 Å². The number of aromatic carboxylic acids is 2. The Kier molecular flexibility index (Phi) is 4.73. The van der Waals surface area contributed by atoms with Gasteiger partial charge in [-0.3, -0.25) is 0 Å². The first kappa shape index (κ1) is 20.9. The second-order valence-electron chi connectivity index (χ2n) is 9.96. The lowest BCUT2D eigenvalue weighted by atomic mass is 9.41. The van der Waals surface area contributed by atoms with Crippen LogP contribution in [0.25, 0.3) is 0 Å². The van der Waals surface area contributed by atoms with Gasteiger partial charge in [0.25, 0.3) is 0 Å². The monoisotopic (exact) mass is 436 g/mol. The number of rotatable bonds is 6. The summed E-state index contributed by atoms with van der Waals surface area (Å²) in [5.41, 5.74) is 2.36. The van der Waals surface area contributed by atoms with Crippen molar-refractivity contribution in [2.24, 2.45) is 11.8 Å². The molecule has 0 amide bonds. The van der Waals surface area contributed by atoms with E-state index < -0.39 is 11.9 Å². The zero-order valence-electron chi connectivity index (χ0n) is 18.4. The first-order valence-corrected chi connectivity index (χ1v) is 11.1. The third kappa shape index (κ3) is 3.07. The molecule has 0 radical (unpaired) electrons. The van der Waals surface area contributed by atoms with Crippen molar-refractivity contribution in [1.29, 1.82) is 0 Å². The maximum absolute atomic E-state index is 11.9. The maximum Gasteiger partial charge on any atom is 0.339 e. The normalized spacial score (nSPS) is 30.2. The molecule has 6 rings (SSSR count). The van der Waals surface area contributed by atoms with E-state index in [1.165, 1.54) is 20.6 Å². The molecule has 0 aromatic heterocycles. The van der Waals surface area contributed by atoms with Crippen molar-refractivity contribution in [3.8, 4) is 11.5 Å². The zero-order chi connectivity index (χ0) is 22.7. The van der Waals surface area contributed by atoms with Crippen molar-refractivity contribution in [3.05, 3.63) is 58.7 Å². The predicted molar refractivity (Wildman–Crippen MR) is 118 cm³/mol. The minimum atomic E-state index is -0.982. The van der Waals surface area contributed by atoms with E-state index in [0.29, 0.717) is 23.3 Å². The van der Waals surface area contributed by atoms with Crippen LogP contribution in [0.2, 0.25) is 0 Å². The number of carboxylic acid groups (broad SMARTS) is 2. The summed E-state index contributed by atoms with van der Waals surface area (Å²) in [4.78, 5) is 23.7.